The summed E-state index contributed by atoms with van der Waals surface area (Å²) in [5.41, 5.74) is 3.73. The fourth-order valence-electron chi connectivity index (χ4n) is 3.36. The van der Waals surface area contributed by atoms with Crippen molar-refractivity contribution in [2.75, 3.05) is 0 Å². The SMILES string of the molecule is CC[C@@H](C)NC(=O)c1coc(CN(Cc2ccc(F)cc2)Cc2ccc(C(C)C)cc2)n1. The summed E-state index contributed by atoms with van der Waals surface area (Å²) in [5, 5.41) is 2.90. The van der Waals surface area contributed by atoms with E-state index in [9.17, 15) is 9.18 Å². The van der Waals surface area contributed by atoms with Crippen LogP contribution in [0.5, 0.6) is 0 Å². The van der Waals surface area contributed by atoms with E-state index in [0.29, 0.717) is 31.4 Å². The Morgan fingerprint density at radius 1 is 1.00 bits per heavy atom. The summed E-state index contributed by atoms with van der Waals surface area (Å²) in [7, 11) is 0. The second kappa shape index (κ2) is 11.0. The van der Waals surface area contributed by atoms with Crippen molar-refractivity contribution in [3.63, 3.8) is 0 Å². The molecule has 1 atom stereocenters. The van der Waals surface area contributed by atoms with Gasteiger partial charge in [-0.1, -0.05) is 57.2 Å². The molecule has 0 spiro atoms. The first-order valence-corrected chi connectivity index (χ1v) is 11.1. The molecule has 0 bridgehead atoms. The minimum Gasteiger partial charge on any atom is -0.447 e. The first-order chi connectivity index (χ1) is 15.3. The summed E-state index contributed by atoms with van der Waals surface area (Å²) in [4.78, 5) is 18.9. The fraction of sp³-hybridized carbons (Fsp3) is 0.385. The lowest BCUT2D eigenvalue weighted by molar-refractivity contribution is 0.0934. The predicted molar refractivity (Wildman–Crippen MR) is 124 cm³/mol. The van der Waals surface area contributed by atoms with E-state index in [1.807, 2.05) is 13.8 Å². The molecule has 170 valence electrons. The molecule has 3 aromatic rings. The number of benzene rings is 2. The number of aromatic nitrogens is 1. The highest BCUT2D eigenvalue weighted by Crippen LogP contribution is 2.18. The van der Waals surface area contributed by atoms with Crippen LogP contribution in [0.4, 0.5) is 4.39 Å². The normalized spacial score (nSPS) is 12.3. The lowest BCUT2D eigenvalue weighted by atomic mass is 10.0. The van der Waals surface area contributed by atoms with Gasteiger partial charge in [0.1, 0.15) is 12.1 Å². The molecule has 1 aromatic heterocycles. The van der Waals surface area contributed by atoms with Crippen LogP contribution in [0.15, 0.2) is 59.2 Å². The lowest BCUT2D eigenvalue weighted by Gasteiger charge is -2.21. The Hall–Kier alpha value is -2.99. The molecule has 0 unspecified atom stereocenters. The van der Waals surface area contributed by atoms with Crippen LogP contribution >= 0.6 is 0 Å². The Morgan fingerprint density at radius 3 is 2.16 bits per heavy atom. The van der Waals surface area contributed by atoms with Gasteiger partial charge in [0.15, 0.2) is 5.69 Å². The summed E-state index contributed by atoms with van der Waals surface area (Å²) < 4.78 is 18.9. The third kappa shape index (κ3) is 6.76. The summed E-state index contributed by atoms with van der Waals surface area (Å²) in [6, 6.07) is 15.1. The summed E-state index contributed by atoms with van der Waals surface area (Å²) in [5.74, 6) is 0.463. The van der Waals surface area contributed by atoms with Gasteiger partial charge in [-0.05, 0) is 48.1 Å². The van der Waals surface area contributed by atoms with Gasteiger partial charge >= 0.3 is 0 Å². The zero-order valence-corrected chi connectivity index (χ0v) is 19.3. The van der Waals surface area contributed by atoms with Gasteiger partial charge < -0.3 is 9.73 Å². The summed E-state index contributed by atoms with van der Waals surface area (Å²) in [6.45, 7) is 10.0. The molecular weight excluding hydrogens is 405 g/mol. The van der Waals surface area contributed by atoms with E-state index < -0.39 is 0 Å². The monoisotopic (exact) mass is 437 g/mol. The van der Waals surface area contributed by atoms with Crippen LogP contribution < -0.4 is 5.32 Å². The molecule has 0 saturated carbocycles. The maximum absolute atomic E-state index is 13.3. The zero-order valence-electron chi connectivity index (χ0n) is 19.3. The van der Waals surface area contributed by atoms with Gasteiger partial charge in [0.25, 0.3) is 5.91 Å². The molecular formula is C26H32FN3O2. The number of nitrogens with zero attached hydrogens (tertiary/aromatic N) is 2. The van der Waals surface area contributed by atoms with E-state index in [1.54, 1.807) is 12.1 Å². The molecule has 0 radical (unpaired) electrons. The van der Waals surface area contributed by atoms with Gasteiger partial charge in [-0.3, -0.25) is 9.69 Å². The molecule has 5 nitrogen and oxygen atoms in total. The van der Waals surface area contributed by atoms with Crippen molar-refractivity contribution in [1.82, 2.24) is 15.2 Å². The van der Waals surface area contributed by atoms with Crippen LogP contribution in [0.3, 0.4) is 0 Å². The number of hydrogen-bond acceptors (Lipinski definition) is 4. The van der Waals surface area contributed by atoms with E-state index in [4.69, 9.17) is 4.42 Å². The smallest absolute Gasteiger partial charge is 0.273 e. The Balaban J connectivity index is 1.74. The molecule has 0 saturated heterocycles. The van der Waals surface area contributed by atoms with Crippen molar-refractivity contribution in [2.45, 2.75) is 65.7 Å². The van der Waals surface area contributed by atoms with Gasteiger partial charge in [0, 0.05) is 19.1 Å². The first kappa shape index (κ1) is 23.7. The number of amides is 1. The van der Waals surface area contributed by atoms with Crippen LogP contribution in [-0.4, -0.2) is 21.8 Å². The van der Waals surface area contributed by atoms with E-state index in [2.05, 4.69) is 53.3 Å². The van der Waals surface area contributed by atoms with Crippen molar-refractivity contribution < 1.29 is 13.6 Å². The molecule has 1 heterocycles. The van der Waals surface area contributed by atoms with Gasteiger partial charge in [-0.15, -0.1) is 0 Å². The van der Waals surface area contributed by atoms with Gasteiger partial charge in [0.05, 0.1) is 6.54 Å². The molecule has 3 rings (SSSR count). The molecule has 0 aliphatic heterocycles. The highest BCUT2D eigenvalue weighted by molar-refractivity contribution is 5.92. The average Bonchev–Trinajstić information content (AvgIpc) is 3.24. The van der Waals surface area contributed by atoms with E-state index >= 15 is 0 Å². The van der Waals surface area contributed by atoms with Crippen LogP contribution in [0.2, 0.25) is 0 Å². The quantitative estimate of drug-likeness (QED) is 0.444. The lowest BCUT2D eigenvalue weighted by Crippen LogP contribution is -2.32. The minimum absolute atomic E-state index is 0.0754. The predicted octanol–water partition coefficient (Wildman–Crippen LogP) is 5.67. The van der Waals surface area contributed by atoms with Crippen LogP contribution in [0, 0.1) is 5.82 Å². The van der Waals surface area contributed by atoms with Crippen molar-refractivity contribution in [1.29, 1.82) is 0 Å². The minimum atomic E-state index is -0.255. The Labute approximate surface area is 189 Å². The number of rotatable bonds is 10. The molecule has 2 aromatic carbocycles. The van der Waals surface area contributed by atoms with Crippen molar-refractivity contribution in [3.8, 4) is 0 Å². The van der Waals surface area contributed by atoms with Crippen LogP contribution in [0.25, 0.3) is 0 Å². The highest BCUT2D eigenvalue weighted by Gasteiger charge is 2.17. The molecule has 6 heteroatoms. The first-order valence-electron chi connectivity index (χ1n) is 11.1. The maximum atomic E-state index is 13.3. The number of oxazole rings is 1. The molecule has 0 fully saturated rings. The number of carbonyl (C=O) groups is 1. The van der Waals surface area contributed by atoms with Gasteiger partial charge in [-0.25, -0.2) is 9.37 Å². The number of halogens is 1. The topological polar surface area (TPSA) is 58.4 Å². The van der Waals surface area contributed by atoms with Crippen molar-refractivity contribution >= 4 is 5.91 Å². The number of carbonyl (C=O) groups excluding carboxylic acids is 1. The highest BCUT2D eigenvalue weighted by atomic mass is 19.1. The standard InChI is InChI=1S/C26H32FN3O2/c1-5-19(4)28-26(31)24-17-32-25(29-24)16-30(15-21-8-12-23(27)13-9-21)14-20-6-10-22(11-7-20)18(2)3/h6-13,17-19H,5,14-16H2,1-4H3,(H,28,31)/t19-/m1/s1. The maximum Gasteiger partial charge on any atom is 0.273 e. The molecule has 32 heavy (non-hydrogen) atoms. The number of nitrogens with one attached hydrogen (secondary N) is 1. The largest absolute Gasteiger partial charge is 0.447 e. The average molecular weight is 438 g/mol. The van der Waals surface area contributed by atoms with Gasteiger partial charge in [-0.2, -0.15) is 0 Å². The van der Waals surface area contributed by atoms with Crippen molar-refractivity contribution in [3.05, 3.63) is 88.9 Å². The zero-order chi connectivity index (χ0) is 23.1. The molecule has 1 N–H and O–H groups in total. The van der Waals surface area contributed by atoms with E-state index in [1.165, 1.54) is 24.0 Å². The molecule has 0 aliphatic carbocycles. The van der Waals surface area contributed by atoms with E-state index in [-0.39, 0.29) is 23.5 Å². The Bertz CT molecular complexity index is 997. The molecule has 1 amide bonds. The number of hydrogen-bond donors (Lipinski definition) is 1. The third-order valence-electron chi connectivity index (χ3n) is 5.51. The fourth-order valence-corrected chi connectivity index (χ4v) is 3.36. The summed E-state index contributed by atoms with van der Waals surface area (Å²) >= 11 is 0. The van der Waals surface area contributed by atoms with Crippen LogP contribution in [-0.2, 0) is 19.6 Å². The van der Waals surface area contributed by atoms with Crippen LogP contribution in [0.1, 0.15) is 73.1 Å². The van der Waals surface area contributed by atoms with E-state index in [0.717, 1.165) is 17.5 Å². The second-order valence-corrected chi connectivity index (χ2v) is 8.58. The Kier molecular flexibility index (Phi) is 8.17. The second-order valence-electron chi connectivity index (χ2n) is 8.58. The summed E-state index contributed by atoms with van der Waals surface area (Å²) in [6.07, 6.45) is 2.25. The van der Waals surface area contributed by atoms with Gasteiger partial charge in [0.2, 0.25) is 5.89 Å². The van der Waals surface area contributed by atoms with Crippen molar-refractivity contribution in [2.24, 2.45) is 0 Å². The molecule has 0 aliphatic rings. The Morgan fingerprint density at radius 2 is 1.59 bits per heavy atom. The third-order valence-corrected chi connectivity index (χ3v) is 5.51.